The quantitative estimate of drug-likeness (QED) is 0.840. The number of anilines is 1. The summed E-state index contributed by atoms with van der Waals surface area (Å²) >= 11 is 0. The fourth-order valence-corrected chi connectivity index (χ4v) is 2.01. The average molecular weight is 339 g/mol. The van der Waals surface area contributed by atoms with Crippen LogP contribution in [-0.2, 0) is 4.79 Å². The number of nitrogens with two attached hydrogens (primary N) is 1. The van der Waals surface area contributed by atoms with Gasteiger partial charge in [-0.2, -0.15) is 5.26 Å². The molecule has 1 amide bonds. The zero-order chi connectivity index (χ0) is 18.4. The Labute approximate surface area is 147 Å². The van der Waals surface area contributed by atoms with Gasteiger partial charge in [-0.1, -0.05) is 6.07 Å². The molecule has 0 saturated carbocycles. The predicted molar refractivity (Wildman–Crippen MR) is 95.7 cm³/mol. The Morgan fingerprint density at radius 2 is 1.84 bits per heavy atom. The summed E-state index contributed by atoms with van der Waals surface area (Å²) in [5.41, 5.74) is 5.74. The third-order valence-corrected chi connectivity index (χ3v) is 3.32. The average Bonchev–Trinajstić information content (AvgIpc) is 2.56. The molecule has 0 radical (unpaired) electrons. The first-order valence-electron chi connectivity index (χ1n) is 7.89. The van der Waals surface area contributed by atoms with E-state index in [1.165, 1.54) is 0 Å². The maximum absolute atomic E-state index is 11.9. The highest BCUT2D eigenvalue weighted by Crippen LogP contribution is 2.31. The van der Waals surface area contributed by atoms with E-state index in [2.05, 4.69) is 11.4 Å². The lowest BCUT2D eigenvalue weighted by atomic mass is 10.1. The van der Waals surface area contributed by atoms with E-state index in [9.17, 15) is 10.1 Å². The van der Waals surface area contributed by atoms with Crippen LogP contribution in [-0.4, -0.2) is 18.1 Å². The monoisotopic (exact) mass is 339 g/mol. The van der Waals surface area contributed by atoms with Gasteiger partial charge in [0, 0.05) is 5.69 Å². The molecule has 2 aromatic rings. The van der Waals surface area contributed by atoms with Crippen LogP contribution in [0, 0.1) is 11.3 Å². The number of nitrogens with one attached hydrogen (secondary N) is 1. The normalized spacial score (nSPS) is 10.7. The molecule has 6 heteroatoms. The van der Waals surface area contributed by atoms with Gasteiger partial charge in [-0.15, -0.1) is 0 Å². The van der Waals surface area contributed by atoms with Crippen molar-refractivity contribution in [3.05, 3.63) is 48.0 Å². The molecular formula is C19H21N3O3. The van der Waals surface area contributed by atoms with Crippen molar-refractivity contribution < 1.29 is 14.3 Å². The first-order chi connectivity index (χ1) is 11.8. The predicted octanol–water partition coefficient (Wildman–Crippen LogP) is 3.43. The van der Waals surface area contributed by atoms with Gasteiger partial charge in [0.2, 0.25) is 5.91 Å². The second-order valence-electron chi connectivity index (χ2n) is 5.98. The number of carbonyl (C=O) groups is 1. The molecule has 0 aliphatic rings. The highest BCUT2D eigenvalue weighted by atomic mass is 16.5. The lowest BCUT2D eigenvalue weighted by molar-refractivity contribution is -0.120. The molecule has 0 spiro atoms. The Kier molecular flexibility index (Phi) is 5.63. The third-order valence-electron chi connectivity index (χ3n) is 3.32. The number of carbonyl (C=O) groups excluding carboxylic acids is 1. The van der Waals surface area contributed by atoms with Gasteiger partial charge in [0.1, 0.15) is 28.9 Å². The standard InChI is InChI=1S/C19H21N3O3/c1-4-24-16-6-5-7-17(15(16)12-20)25-14-10-8-13(9-11-14)22-18(23)19(2,3)21/h5-11H,4,21H2,1-3H3,(H,22,23). The van der Waals surface area contributed by atoms with Gasteiger partial charge in [0.25, 0.3) is 0 Å². The Balaban J connectivity index is 2.16. The molecule has 0 heterocycles. The van der Waals surface area contributed by atoms with Gasteiger partial charge < -0.3 is 20.5 Å². The molecule has 0 unspecified atom stereocenters. The molecule has 3 N–H and O–H groups in total. The molecule has 2 aromatic carbocycles. The van der Waals surface area contributed by atoms with Crippen LogP contribution in [0.25, 0.3) is 0 Å². The van der Waals surface area contributed by atoms with E-state index >= 15 is 0 Å². The van der Waals surface area contributed by atoms with Crippen molar-refractivity contribution in [2.45, 2.75) is 26.3 Å². The Hall–Kier alpha value is -3.04. The highest BCUT2D eigenvalue weighted by molar-refractivity contribution is 5.97. The van der Waals surface area contributed by atoms with Crippen LogP contribution in [0.1, 0.15) is 26.3 Å². The molecule has 0 aliphatic carbocycles. The number of nitrogens with zero attached hydrogens (tertiary/aromatic N) is 1. The zero-order valence-electron chi connectivity index (χ0n) is 14.5. The summed E-state index contributed by atoms with van der Waals surface area (Å²) in [4.78, 5) is 11.9. The molecule has 6 nitrogen and oxygen atoms in total. The van der Waals surface area contributed by atoms with Crippen molar-refractivity contribution in [2.75, 3.05) is 11.9 Å². The number of hydrogen-bond donors (Lipinski definition) is 2. The number of benzene rings is 2. The van der Waals surface area contributed by atoms with Crippen LogP contribution in [0.5, 0.6) is 17.2 Å². The summed E-state index contributed by atoms with van der Waals surface area (Å²) < 4.78 is 11.2. The summed E-state index contributed by atoms with van der Waals surface area (Å²) in [5, 5.41) is 12.1. The molecule has 0 aliphatic heterocycles. The number of ether oxygens (including phenoxy) is 2. The fourth-order valence-electron chi connectivity index (χ4n) is 2.01. The van der Waals surface area contributed by atoms with Gasteiger partial charge in [0.05, 0.1) is 12.1 Å². The second kappa shape index (κ2) is 7.69. The van der Waals surface area contributed by atoms with E-state index in [4.69, 9.17) is 15.2 Å². The van der Waals surface area contributed by atoms with Crippen molar-refractivity contribution in [1.29, 1.82) is 5.26 Å². The van der Waals surface area contributed by atoms with Crippen molar-refractivity contribution >= 4 is 11.6 Å². The molecule has 0 atom stereocenters. The van der Waals surface area contributed by atoms with Gasteiger partial charge in [-0.05, 0) is 57.2 Å². The third kappa shape index (κ3) is 4.72. The van der Waals surface area contributed by atoms with Crippen molar-refractivity contribution in [3.8, 4) is 23.3 Å². The molecule has 2 rings (SSSR count). The minimum absolute atomic E-state index is 0.280. The summed E-state index contributed by atoms with van der Waals surface area (Å²) in [5.74, 6) is 1.15. The summed E-state index contributed by atoms with van der Waals surface area (Å²) in [6.07, 6.45) is 0. The summed E-state index contributed by atoms with van der Waals surface area (Å²) in [6.45, 7) is 5.58. The summed E-state index contributed by atoms with van der Waals surface area (Å²) in [6, 6.07) is 14.1. The molecule has 0 fully saturated rings. The number of rotatable bonds is 6. The Morgan fingerprint density at radius 3 is 2.40 bits per heavy atom. The molecular weight excluding hydrogens is 318 g/mol. The maximum Gasteiger partial charge on any atom is 0.243 e. The Bertz CT molecular complexity index is 787. The van der Waals surface area contributed by atoms with Gasteiger partial charge in [-0.25, -0.2) is 0 Å². The van der Waals surface area contributed by atoms with Crippen LogP contribution < -0.4 is 20.5 Å². The van der Waals surface area contributed by atoms with E-state index in [1.54, 1.807) is 56.3 Å². The number of nitriles is 1. The molecule has 0 saturated heterocycles. The van der Waals surface area contributed by atoms with Crippen LogP contribution in [0.2, 0.25) is 0 Å². The second-order valence-corrected chi connectivity index (χ2v) is 5.98. The van der Waals surface area contributed by atoms with E-state index in [0.29, 0.717) is 35.1 Å². The zero-order valence-corrected chi connectivity index (χ0v) is 14.5. The topological polar surface area (TPSA) is 97.4 Å². The minimum atomic E-state index is -0.962. The fraction of sp³-hybridized carbons (Fsp3) is 0.263. The molecule has 25 heavy (non-hydrogen) atoms. The van der Waals surface area contributed by atoms with E-state index in [0.717, 1.165) is 0 Å². The number of hydrogen-bond acceptors (Lipinski definition) is 5. The van der Waals surface area contributed by atoms with Crippen molar-refractivity contribution in [2.24, 2.45) is 5.73 Å². The lowest BCUT2D eigenvalue weighted by Crippen LogP contribution is -2.45. The molecule has 130 valence electrons. The smallest absolute Gasteiger partial charge is 0.243 e. The first kappa shape index (κ1) is 18.3. The lowest BCUT2D eigenvalue weighted by Gasteiger charge is -2.18. The highest BCUT2D eigenvalue weighted by Gasteiger charge is 2.21. The maximum atomic E-state index is 11.9. The SMILES string of the molecule is CCOc1cccc(Oc2ccc(NC(=O)C(C)(C)N)cc2)c1C#N. The largest absolute Gasteiger partial charge is 0.492 e. The van der Waals surface area contributed by atoms with Crippen molar-refractivity contribution in [1.82, 2.24) is 0 Å². The number of amides is 1. The first-order valence-corrected chi connectivity index (χ1v) is 7.89. The van der Waals surface area contributed by atoms with Gasteiger partial charge in [-0.3, -0.25) is 4.79 Å². The van der Waals surface area contributed by atoms with Gasteiger partial charge in [0.15, 0.2) is 0 Å². The van der Waals surface area contributed by atoms with Crippen LogP contribution in [0.15, 0.2) is 42.5 Å². The van der Waals surface area contributed by atoms with Crippen LogP contribution in [0.3, 0.4) is 0 Å². The minimum Gasteiger partial charge on any atom is -0.492 e. The van der Waals surface area contributed by atoms with E-state index < -0.39 is 5.54 Å². The van der Waals surface area contributed by atoms with E-state index in [-0.39, 0.29) is 5.91 Å². The molecule has 0 bridgehead atoms. The van der Waals surface area contributed by atoms with Crippen LogP contribution >= 0.6 is 0 Å². The van der Waals surface area contributed by atoms with Crippen LogP contribution in [0.4, 0.5) is 5.69 Å². The molecule has 0 aromatic heterocycles. The van der Waals surface area contributed by atoms with Crippen molar-refractivity contribution in [3.63, 3.8) is 0 Å². The van der Waals surface area contributed by atoms with E-state index in [1.807, 2.05) is 6.92 Å². The Morgan fingerprint density at radius 1 is 1.20 bits per heavy atom. The summed E-state index contributed by atoms with van der Waals surface area (Å²) in [7, 11) is 0. The van der Waals surface area contributed by atoms with Gasteiger partial charge >= 0.3 is 0 Å².